The number of hydrogen-bond acceptors (Lipinski definition) is 2. The third-order valence-corrected chi connectivity index (χ3v) is 11.1. The van der Waals surface area contributed by atoms with Crippen LogP contribution in [0.3, 0.4) is 0 Å². The molecule has 0 unspecified atom stereocenters. The van der Waals surface area contributed by atoms with Crippen molar-refractivity contribution in [2.24, 2.45) is 0 Å². The molecule has 55 heavy (non-hydrogen) atoms. The van der Waals surface area contributed by atoms with E-state index in [2.05, 4.69) is 177 Å². The number of fused-ring (bicyclic) bond motifs is 9. The fourth-order valence-electron chi connectivity index (χ4n) is 8.75. The lowest BCUT2D eigenvalue weighted by Crippen LogP contribution is -2.00. The average Bonchev–Trinajstić information content (AvgIpc) is 3.88. The molecule has 11 aromatic rings. The standard InChI is InChI=1S/C50H29N5/c51-30-32-21-24-49-43(27-32)41-15-5-9-19-47(41)53(49)35-22-23-42-40-14-4-10-20-48(40)55(50(42)29-35)44-16-6-1-11-37(44)34-25-33(31-52)26-36(28-34)54-45-17-7-2-12-38(45)39-13-3-8-18-46(39)54/h1-29H. The third-order valence-electron chi connectivity index (χ3n) is 11.1. The second kappa shape index (κ2) is 11.8. The first kappa shape index (κ1) is 30.7. The van der Waals surface area contributed by atoms with Crippen molar-refractivity contribution in [2.45, 2.75) is 0 Å². The quantitative estimate of drug-likeness (QED) is 0.184. The van der Waals surface area contributed by atoms with Gasteiger partial charge in [0.05, 0.1) is 62.1 Å². The van der Waals surface area contributed by atoms with Crippen molar-refractivity contribution in [3.05, 3.63) is 187 Å². The lowest BCUT2D eigenvalue weighted by molar-refractivity contribution is 1.15. The molecule has 0 saturated heterocycles. The molecule has 0 bridgehead atoms. The number of nitriles is 2. The third kappa shape index (κ3) is 4.51. The Balaban J connectivity index is 1.17. The van der Waals surface area contributed by atoms with Crippen molar-refractivity contribution in [3.63, 3.8) is 0 Å². The van der Waals surface area contributed by atoms with Crippen LogP contribution in [-0.2, 0) is 0 Å². The molecule has 0 spiro atoms. The molecular formula is C50H29N5. The van der Waals surface area contributed by atoms with Gasteiger partial charge in [0.1, 0.15) is 0 Å². The highest BCUT2D eigenvalue weighted by Crippen LogP contribution is 2.40. The Morgan fingerprint density at radius 2 is 0.836 bits per heavy atom. The molecule has 0 N–H and O–H groups in total. The largest absolute Gasteiger partial charge is 0.309 e. The minimum Gasteiger partial charge on any atom is -0.309 e. The van der Waals surface area contributed by atoms with Gasteiger partial charge in [-0.3, -0.25) is 0 Å². The van der Waals surface area contributed by atoms with Crippen molar-refractivity contribution >= 4 is 65.4 Å². The van der Waals surface area contributed by atoms with Gasteiger partial charge < -0.3 is 13.7 Å². The number of aromatic nitrogens is 3. The van der Waals surface area contributed by atoms with Crippen LogP contribution in [0.15, 0.2) is 176 Å². The molecule has 0 radical (unpaired) electrons. The van der Waals surface area contributed by atoms with Crippen LogP contribution in [0.2, 0.25) is 0 Å². The zero-order chi connectivity index (χ0) is 36.6. The number of nitrogens with zero attached hydrogens (tertiary/aromatic N) is 5. The molecule has 0 atom stereocenters. The van der Waals surface area contributed by atoms with Gasteiger partial charge in [-0.15, -0.1) is 0 Å². The summed E-state index contributed by atoms with van der Waals surface area (Å²) >= 11 is 0. The second-order valence-electron chi connectivity index (χ2n) is 14.0. The topological polar surface area (TPSA) is 62.4 Å². The van der Waals surface area contributed by atoms with Crippen molar-refractivity contribution in [1.29, 1.82) is 10.5 Å². The van der Waals surface area contributed by atoms with Gasteiger partial charge in [-0.1, -0.05) is 97.1 Å². The molecule has 5 heteroatoms. The zero-order valence-electron chi connectivity index (χ0n) is 29.5. The van der Waals surface area contributed by atoms with Gasteiger partial charge in [-0.05, 0) is 84.4 Å². The number of rotatable bonds is 4. The van der Waals surface area contributed by atoms with E-state index in [0.29, 0.717) is 11.1 Å². The summed E-state index contributed by atoms with van der Waals surface area (Å²) in [7, 11) is 0. The maximum atomic E-state index is 10.4. The average molecular weight is 700 g/mol. The molecule has 3 heterocycles. The smallest absolute Gasteiger partial charge is 0.0992 e. The van der Waals surface area contributed by atoms with Crippen LogP contribution in [0, 0.1) is 22.7 Å². The lowest BCUT2D eigenvalue weighted by atomic mass is 10.00. The number of para-hydroxylation sites is 5. The van der Waals surface area contributed by atoms with Gasteiger partial charge in [0, 0.05) is 49.3 Å². The summed E-state index contributed by atoms with van der Waals surface area (Å²) in [4.78, 5) is 0. The second-order valence-corrected chi connectivity index (χ2v) is 14.0. The zero-order valence-corrected chi connectivity index (χ0v) is 29.5. The van der Waals surface area contributed by atoms with Crippen molar-refractivity contribution in [3.8, 4) is 40.3 Å². The fourth-order valence-corrected chi connectivity index (χ4v) is 8.75. The van der Waals surface area contributed by atoms with Crippen LogP contribution in [0.25, 0.3) is 93.6 Å². The predicted molar refractivity (Wildman–Crippen MR) is 224 cm³/mol. The number of benzene rings is 8. The normalized spacial score (nSPS) is 11.6. The molecular weight excluding hydrogens is 671 g/mol. The van der Waals surface area contributed by atoms with E-state index < -0.39 is 0 Å². The van der Waals surface area contributed by atoms with Gasteiger partial charge in [-0.25, -0.2) is 0 Å². The van der Waals surface area contributed by atoms with Crippen LogP contribution >= 0.6 is 0 Å². The van der Waals surface area contributed by atoms with E-state index in [-0.39, 0.29) is 0 Å². The van der Waals surface area contributed by atoms with Crippen molar-refractivity contribution in [2.75, 3.05) is 0 Å². The summed E-state index contributed by atoms with van der Waals surface area (Å²) in [5, 5.41) is 27.0. The first-order valence-corrected chi connectivity index (χ1v) is 18.3. The summed E-state index contributed by atoms with van der Waals surface area (Å²) in [6.45, 7) is 0. The Morgan fingerprint density at radius 3 is 1.47 bits per heavy atom. The molecule has 0 aliphatic rings. The summed E-state index contributed by atoms with van der Waals surface area (Å²) in [5.74, 6) is 0. The minimum absolute atomic E-state index is 0.597. The Morgan fingerprint density at radius 1 is 0.327 bits per heavy atom. The molecule has 254 valence electrons. The molecule has 0 aliphatic carbocycles. The summed E-state index contributed by atoms with van der Waals surface area (Å²) in [5.41, 5.74) is 12.7. The Labute approximate surface area is 316 Å². The van der Waals surface area contributed by atoms with Crippen LogP contribution in [0.1, 0.15) is 11.1 Å². The molecule has 3 aromatic heterocycles. The lowest BCUT2D eigenvalue weighted by Gasteiger charge is -2.17. The van der Waals surface area contributed by atoms with E-state index in [1.54, 1.807) is 0 Å². The molecule has 8 aromatic carbocycles. The molecule has 0 fully saturated rings. The summed E-state index contributed by atoms with van der Waals surface area (Å²) in [6.07, 6.45) is 0. The van der Waals surface area contributed by atoms with E-state index in [4.69, 9.17) is 0 Å². The molecule has 11 rings (SSSR count). The SMILES string of the molecule is N#Cc1cc(-c2ccccc2-n2c3ccccc3c3ccc(-n4c5ccccc5c5cc(C#N)ccc54)cc32)cc(-n2c3ccccc3c3ccccc32)c1. The van der Waals surface area contributed by atoms with Crippen LogP contribution < -0.4 is 0 Å². The van der Waals surface area contributed by atoms with E-state index in [1.165, 1.54) is 10.8 Å². The monoisotopic (exact) mass is 699 g/mol. The molecule has 5 nitrogen and oxygen atoms in total. The van der Waals surface area contributed by atoms with E-state index in [1.807, 2.05) is 24.3 Å². The Hall–Kier alpha value is -7.86. The Kier molecular flexibility index (Phi) is 6.61. The van der Waals surface area contributed by atoms with Gasteiger partial charge in [-0.2, -0.15) is 10.5 Å². The van der Waals surface area contributed by atoms with Crippen LogP contribution in [0.4, 0.5) is 0 Å². The van der Waals surface area contributed by atoms with E-state index >= 15 is 0 Å². The van der Waals surface area contributed by atoms with Crippen LogP contribution in [0.5, 0.6) is 0 Å². The number of hydrogen-bond donors (Lipinski definition) is 0. The summed E-state index contributed by atoms with van der Waals surface area (Å²) < 4.78 is 6.94. The molecule has 0 aliphatic heterocycles. The maximum Gasteiger partial charge on any atom is 0.0992 e. The van der Waals surface area contributed by atoms with Crippen molar-refractivity contribution < 1.29 is 0 Å². The van der Waals surface area contributed by atoms with Gasteiger partial charge in [0.2, 0.25) is 0 Å². The van der Waals surface area contributed by atoms with Gasteiger partial charge in [0.15, 0.2) is 0 Å². The molecule has 0 saturated carbocycles. The Bertz CT molecular complexity index is 3420. The predicted octanol–water partition coefficient (Wildman–Crippen LogP) is 12.4. The highest BCUT2D eigenvalue weighted by atomic mass is 15.0. The van der Waals surface area contributed by atoms with Gasteiger partial charge >= 0.3 is 0 Å². The first-order chi connectivity index (χ1) is 27.2. The van der Waals surface area contributed by atoms with E-state index in [9.17, 15) is 10.5 Å². The molecule has 0 amide bonds. The fraction of sp³-hybridized carbons (Fsp3) is 0. The van der Waals surface area contributed by atoms with Gasteiger partial charge in [0.25, 0.3) is 0 Å². The first-order valence-electron chi connectivity index (χ1n) is 18.3. The minimum atomic E-state index is 0.597. The highest BCUT2D eigenvalue weighted by Gasteiger charge is 2.20. The van der Waals surface area contributed by atoms with E-state index in [0.717, 1.165) is 82.8 Å². The highest BCUT2D eigenvalue weighted by molar-refractivity contribution is 6.13. The maximum absolute atomic E-state index is 10.4. The summed E-state index contributed by atoms with van der Waals surface area (Å²) in [6, 6.07) is 66.0. The van der Waals surface area contributed by atoms with Crippen LogP contribution in [-0.4, -0.2) is 13.7 Å². The van der Waals surface area contributed by atoms with Crippen molar-refractivity contribution in [1.82, 2.24) is 13.7 Å².